The molecular formula is C29H29Cl3N4O3. The van der Waals surface area contributed by atoms with Crippen molar-refractivity contribution in [1.29, 1.82) is 0 Å². The minimum Gasteiger partial charge on any atom is -0.395 e. The van der Waals surface area contributed by atoms with Crippen molar-refractivity contribution in [3.8, 4) is 0 Å². The highest BCUT2D eigenvalue weighted by Crippen LogP contribution is 2.46. The Bertz CT molecular complexity index is 1380. The fourth-order valence-electron chi connectivity index (χ4n) is 5.50. The molecule has 0 spiro atoms. The van der Waals surface area contributed by atoms with Gasteiger partial charge >= 0.3 is 0 Å². The number of halogens is 3. The van der Waals surface area contributed by atoms with E-state index in [4.69, 9.17) is 34.8 Å². The summed E-state index contributed by atoms with van der Waals surface area (Å²) in [6.07, 6.45) is 0.262. The van der Waals surface area contributed by atoms with E-state index < -0.39 is 5.54 Å². The molecule has 3 aromatic carbocycles. The molecule has 2 aliphatic rings. The van der Waals surface area contributed by atoms with Crippen LogP contribution in [0, 0.1) is 0 Å². The molecule has 2 N–H and O–H groups in total. The van der Waals surface area contributed by atoms with Gasteiger partial charge in [0, 0.05) is 71.2 Å². The van der Waals surface area contributed by atoms with Crippen LogP contribution in [0.2, 0.25) is 15.1 Å². The molecule has 2 amide bonds. The molecule has 1 unspecified atom stereocenters. The van der Waals surface area contributed by atoms with Gasteiger partial charge < -0.3 is 20.2 Å². The lowest BCUT2D eigenvalue weighted by Gasteiger charge is -2.43. The second-order valence-electron chi connectivity index (χ2n) is 9.82. The summed E-state index contributed by atoms with van der Waals surface area (Å²) in [7, 11) is 0. The smallest absolute Gasteiger partial charge is 0.255 e. The Morgan fingerprint density at radius 3 is 2.31 bits per heavy atom. The van der Waals surface area contributed by atoms with E-state index in [1.54, 1.807) is 30.3 Å². The number of aliphatic hydroxyl groups is 1. The number of rotatable bonds is 8. The number of benzene rings is 3. The van der Waals surface area contributed by atoms with Gasteiger partial charge in [0.1, 0.15) is 0 Å². The third-order valence-corrected chi connectivity index (χ3v) is 8.12. The molecule has 204 valence electrons. The summed E-state index contributed by atoms with van der Waals surface area (Å²) in [6.45, 7) is 3.07. The summed E-state index contributed by atoms with van der Waals surface area (Å²) in [5, 5.41) is 13.8. The van der Waals surface area contributed by atoms with Crippen LogP contribution < -0.4 is 10.2 Å². The Labute approximate surface area is 242 Å². The first-order valence-corrected chi connectivity index (χ1v) is 13.9. The summed E-state index contributed by atoms with van der Waals surface area (Å²) in [5.41, 5.74) is 1.54. The van der Waals surface area contributed by atoms with Crippen LogP contribution in [0.25, 0.3) is 0 Å². The first-order chi connectivity index (χ1) is 18.8. The van der Waals surface area contributed by atoms with Crippen LogP contribution in [0.1, 0.15) is 11.1 Å². The molecule has 10 heteroatoms. The SMILES string of the molecule is O=C(CN(c1cccc(Cl)c1)C1(Cc2cccc(Cl)c2)C(=O)Nc2cc(Cl)ccc21)N1CCN(CCO)CC1. The van der Waals surface area contributed by atoms with Gasteiger partial charge in [-0.25, -0.2) is 0 Å². The molecule has 2 aliphatic heterocycles. The molecule has 0 radical (unpaired) electrons. The number of amides is 2. The number of β-amino-alcohol motifs (C(OH)–C–C–N with tert-alkyl or cyclic N) is 1. The molecule has 0 aromatic heterocycles. The summed E-state index contributed by atoms with van der Waals surface area (Å²) >= 11 is 19.1. The first-order valence-electron chi connectivity index (χ1n) is 12.8. The second kappa shape index (κ2) is 11.7. The van der Waals surface area contributed by atoms with Crippen LogP contribution in [0.15, 0.2) is 66.7 Å². The fourth-order valence-corrected chi connectivity index (χ4v) is 6.07. The Balaban J connectivity index is 1.60. The second-order valence-corrected chi connectivity index (χ2v) is 11.1. The number of hydrogen-bond donors (Lipinski definition) is 2. The van der Waals surface area contributed by atoms with E-state index in [2.05, 4.69) is 10.2 Å². The molecule has 3 aromatic rings. The van der Waals surface area contributed by atoms with Crippen molar-refractivity contribution in [3.05, 3.63) is 92.9 Å². The van der Waals surface area contributed by atoms with Crippen molar-refractivity contribution in [2.75, 3.05) is 56.1 Å². The average molecular weight is 588 g/mol. The predicted octanol–water partition coefficient (Wildman–Crippen LogP) is 4.68. The Hall–Kier alpha value is -2.81. The van der Waals surface area contributed by atoms with Crippen LogP contribution in [-0.4, -0.2) is 72.6 Å². The van der Waals surface area contributed by atoms with Crippen LogP contribution in [0.3, 0.4) is 0 Å². The topological polar surface area (TPSA) is 76.1 Å². The lowest BCUT2D eigenvalue weighted by molar-refractivity contribution is -0.132. The van der Waals surface area contributed by atoms with E-state index in [-0.39, 0.29) is 31.4 Å². The molecule has 0 saturated carbocycles. The largest absolute Gasteiger partial charge is 0.395 e. The van der Waals surface area contributed by atoms with Crippen molar-refractivity contribution >= 4 is 58.0 Å². The number of nitrogens with one attached hydrogen (secondary N) is 1. The van der Waals surface area contributed by atoms with E-state index >= 15 is 0 Å². The Morgan fingerprint density at radius 1 is 0.923 bits per heavy atom. The quantitative estimate of drug-likeness (QED) is 0.400. The van der Waals surface area contributed by atoms with Gasteiger partial charge in [-0.3, -0.25) is 14.5 Å². The molecule has 5 rings (SSSR count). The van der Waals surface area contributed by atoms with Gasteiger partial charge in [0.25, 0.3) is 5.91 Å². The molecule has 1 atom stereocenters. The van der Waals surface area contributed by atoms with E-state index in [0.717, 1.165) is 11.1 Å². The van der Waals surface area contributed by atoms with Crippen molar-refractivity contribution in [2.24, 2.45) is 0 Å². The van der Waals surface area contributed by atoms with Crippen LogP contribution in [0.5, 0.6) is 0 Å². The maximum absolute atomic E-state index is 14.1. The summed E-state index contributed by atoms with van der Waals surface area (Å²) in [6, 6.07) is 19.9. The van der Waals surface area contributed by atoms with Crippen LogP contribution in [0.4, 0.5) is 11.4 Å². The zero-order valence-corrected chi connectivity index (χ0v) is 23.5. The van der Waals surface area contributed by atoms with Crippen molar-refractivity contribution in [1.82, 2.24) is 9.80 Å². The zero-order chi connectivity index (χ0) is 27.6. The highest BCUT2D eigenvalue weighted by molar-refractivity contribution is 6.31. The molecule has 39 heavy (non-hydrogen) atoms. The number of hydrogen-bond acceptors (Lipinski definition) is 5. The first kappa shape index (κ1) is 27.7. The van der Waals surface area contributed by atoms with E-state index in [0.29, 0.717) is 59.2 Å². The summed E-state index contributed by atoms with van der Waals surface area (Å²) in [5.74, 6) is -0.361. The maximum Gasteiger partial charge on any atom is 0.255 e. The number of nitrogens with zero attached hydrogens (tertiary/aromatic N) is 3. The third-order valence-electron chi connectivity index (χ3n) is 7.42. The number of fused-ring (bicyclic) bond motifs is 1. The molecule has 2 heterocycles. The Kier molecular flexibility index (Phi) is 8.35. The number of aliphatic hydroxyl groups excluding tert-OH is 1. The van der Waals surface area contributed by atoms with Crippen LogP contribution >= 0.6 is 34.8 Å². The van der Waals surface area contributed by atoms with Gasteiger partial charge in [-0.05, 0) is 48.0 Å². The normalized spacial score (nSPS) is 19.1. The van der Waals surface area contributed by atoms with Crippen molar-refractivity contribution < 1.29 is 14.7 Å². The monoisotopic (exact) mass is 586 g/mol. The summed E-state index contributed by atoms with van der Waals surface area (Å²) in [4.78, 5) is 33.7. The Morgan fingerprint density at radius 2 is 1.62 bits per heavy atom. The van der Waals surface area contributed by atoms with E-state index in [1.165, 1.54) is 0 Å². The molecule has 0 aliphatic carbocycles. The number of piperazine rings is 1. The van der Waals surface area contributed by atoms with E-state index in [9.17, 15) is 14.7 Å². The van der Waals surface area contributed by atoms with Gasteiger partial charge in [0.05, 0.1) is 13.2 Å². The van der Waals surface area contributed by atoms with Gasteiger partial charge in [0.15, 0.2) is 5.54 Å². The molecule has 7 nitrogen and oxygen atoms in total. The highest BCUT2D eigenvalue weighted by atomic mass is 35.5. The van der Waals surface area contributed by atoms with Gasteiger partial charge in [-0.2, -0.15) is 0 Å². The molecular weight excluding hydrogens is 559 g/mol. The highest BCUT2D eigenvalue weighted by Gasteiger charge is 2.52. The number of carbonyl (C=O) groups is 2. The predicted molar refractivity (Wildman–Crippen MR) is 156 cm³/mol. The molecule has 1 fully saturated rings. The average Bonchev–Trinajstić information content (AvgIpc) is 3.18. The minimum absolute atomic E-state index is 0.0452. The van der Waals surface area contributed by atoms with Crippen molar-refractivity contribution in [3.63, 3.8) is 0 Å². The molecule has 1 saturated heterocycles. The van der Waals surface area contributed by atoms with Gasteiger partial charge in [-0.15, -0.1) is 0 Å². The summed E-state index contributed by atoms with van der Waals surface area (Å²) < 4.78 is 0. The number of carbonyl (C=O) groups excluding carboxylic acids is 2. The standard InChI is InChI=1S/C29H29Cl3N4O3/c30-21-4-1-3-20(15-21)18-29(25-8-7-23(32)17-26(25)33-28(29)39)36(24-6-2-5-22(31)16-24)19-27(38)35-11-9-34(10-12-35)13-14-37/h1-8,15-17,37H,9-14,18-19H2,(H,33,39). The van der Waals surface area contributed by atoms with Gasteiger partial charge in [0.2, 0.25) is 5.91 Å². The molecule has 0 bridgehead atoms. The minimum atomic E-state index is -1.27. The van der Waals surface area contributed by atoms with Crippen LogP contribution in [-0.2, 0) is 21.5 Å². The zero-order valence-electron chi connectivity index (χ0n) is 21.2. The fraction of sp³-hybridized carbons (Fsp3) is 0.310. The lowest BCUT2D eigenvalue weighted by atomic mass is 9.82. The maximum atomic E-state index is 14.1. The van der Waals surface area contributed by atoms with Crippen molar-refractivity contribution in [2.45, 2.75) is 12.0 Å². The lowest BCUT2D eigenvalue weighted by Crippen LogP contribution is -2.58. The van der Waals surface area contributed by atoms with Gasteiger partial charge in [-0.1, -0.05) is 59.1 Å². The number of anilines is 2. The van der Waals surface area contributed by atoms with E-state index in [1.807, 2.05) is 46.2 Å². The third kappa shape index (κ3) is 5.74.